The Morgan fingerprint density at radius 3 is 2.85 bits per heavy atom. The van der Waals surface area contributed by atoms with Crippen LogP contribution in [0.25, 0.3) is 10.9 Å². The molecule has 4 rings (SSSR count). The molecule has 2 atom stereocenters. The van der Waals surface area contributed by atoms with Crippen molar-refractivity contribution in [3.05, 3.63) is 65.2 Å². The molecule has 1 amide bonds. The fourth-order valence-corrected chi connectivity index (χ4v) is 3.76. The molecule has 1 aliphatic rings. The van der Waals surface area contributed by atoms with Crippen molar-refractivity contribution in [1.82, 2.24) is 15.3 Å². The predicted molar refractivity (Wildman–Crippen MR) is 102 cm³/mol. The number of fused-ring (bicyclic) bond motifs is 1. The van der Waals surface area contributed by atoms with Crippen LogP contribution in [0.2, 0.25) is 0 Å². The first-order valence-corrected chi connectivity index (χ1v) is 8.82. The largest absolute Gasteiger partial charge is 0.366 e. The van der Waals surface area contributed by atoms with E-state index in [4.69, 9.17) is 5.73 Å². The van der Waals surface area contributed by atoms with Crippen LogP contribution in [0.5, 0.6) is 0 Å². The zero-order valence-electron chi connectivity index (χ0n) is 14.9. The van der Waals surface area contributed by atoms with Crippen LogP contribution in [0.1, 0.15) is 27.4 Å². The normalized spacial score (nSPS) is 19.3. The fraction of sp³-hybridized carbons (Fsp3) is 0.250. The molecule has 1 aliphatic heterocycles. The maximum Gasteiger partial charge on any atom is 0.250 e. The number of anilines is 1. The molecule has 138 valence electrons. The van der Waals surface area contributed by atoms with Crippen LogP contribution in [0.3, 0.4) is 0 Å². The summed E-state index contributed by atoms with van der Waals surface area (Å²) in [6, 6.07) is 10.5. The van der Waals surface area contributed by atoms with E-state index in [9.17, 15) is 9.18 Å². The highest BCUT2D eigenvalue weighted by Crippen LogP contribution is 2.30. The van der Waals surface area contributed by atoms with Gasteiger partial charge in [-0.05, 0) is 36.2 Å². The lowest BCUT2D eigenvalue weighted by molar-refractivity contribution is 0.100. The quantitative estimate of drug-likeness (QED) is 0.660. The molecular weight excluding hydrogens is 345 g/mol. The first kappa shape index (κ1) is 17.4. The standard InChI is InChI=1S/C20H20FN5O/c1-11-12(4-3-7-16(11)21)15-8-23-9-17(15)26-20-14-6-2-5-13(19(22)27)18(14)24-10-25-20/h2-7,10,15,17,23H,8-9H2,1H3,(H2,22,27)(H,24,25,26)/t15-,17+/m0/s1. The van der Waals surface area contributed by atoms with E-state index in [1.54, 1.807) is 25.1 Å². The zero-order valence-corrected chi connectivity index (χ0v) is 14.9. The van der Waals surface area contributed by atoms with E-state index in [0.717, 1.165) is 24.0 Å². The number of carbonyl (C=O) groups is 1. The third-order valence-electron chi connectivity index (χ3n) is 5.18. The number of para-hydroxylation sites is 1. The minimum absolute atomic E-state index is 0.0286. The molecule has 1 aromatic heterocycles. The first-order chi connectivity index (χ1) is 13.1. The number of hydrogen-bond donors (Lipinski definition) is 3. The molecule has 4 N–H and O–H groups in total. The van der Waals surface area contributed by atoms with Crippen molar-refractivity contribution < 1.29 is 9.18 Å². The van der Waals surface area contributed by atoms with Gasteiger partial charge in [0.2, 0.25) is 0 Å². The molecule has 6 nitrogen and oxygen atoms in total. The number of rotatable bonds is 4. The van der Waals surface area contributed by atoms with Gasteiger partial charge in [-0.15, -0.1) is 0 Å². The van der Waals surface area contributed by atoms with E-state index in [1.165, 1.54) is 12.4 Å². The smallest absolute Gasteiger partial charge is 0.250 e. The van der Waals surface area contributed by atoms with Gasteiger partial charge in [-0.25, -0.2) is 14.4 Å². The molecular formula is C20H20FN5O. The van der Waals surface area contributed by atoms with Gasteiger partial charge < -0.3 is 16.4 Å². The summed E-state index contributed by atoms with van der Waals surface area (Å²) in [5.41, 5.74) is 7.99. The molecule has 0 bridgehead atoms. The highest BCUT2D eigenvalue weighted by molar-refractivity contribution is 6.06. The van der Waals surface area contributed by atoms with Crippen molar-refractivity contribution in [1.29, 1.82) is 0 Å². The van der Waals surface area contributed by atoms with E-state index in [2.05, 4.69) is 20.6 Å². The van der Waals surface area contributed by atoms with E-state index < -0.39 is 5.91 Å². The molecule has 0 radical (unpaired) electrons. The van der Waals surface area contributed by atoms with Crippen LogP contribution in [0, 0.1) is 12.7 Å². The summed E-state index contributed by atoms with van der Waals surface area (Å²) in [6.45, 7) is 3.28. The van der Waals surface area contributed by atoms with Crippen LogP contribution in [0.4, 0.5) is 10.2 Å². The summed E-state index contributed by atoms with van der Waals surface area (Å²) in [5, 5.41) is 7.55. The van der Waals surface area contributed by atoms with Gasteiger partial charge in [-0.2, -0.15) is 0 Å². The van der Waals surface area contributed by atoms with Crippen molar-refractivity contribution >= 4 is 22.6 Å². The van der Waals surface area contributed by atoms with Crippen molar-refractivity contribution in [3.8, 4) is 0 Å². The summed E-state index contributed by atoms with van der Waals surface area (Å²) < 4.78 is 14.0. The second kappa shape index (κ2) is 6.92. The molecule has 7 heteroatoms. The van der Waals surface area contributed by atoms with Crippen LogP contribution >= 0.6 is 0 Å². The summed E-state index contributed by atoms with van der Waals surface area (Å²) >= 11 is 0. The molecule has 0 saturated carbocycles. The van der Waals surface area contributed by atoms with Crippen molar-refractivity contribution in [3.63, 3.8) is 0 Å². The minimum Gasteiger partial charge on any atom is -0.366 e. The number of nitrogens with zero attached hydrogens (tertiary/aromatic N) is 2. The maximum absolute atomic E-state index is 14.0. The number of benzene rings is 2. The average Bonchev–Trinajstić information content (AvgIpc) is 3.11. The second-order valence-corrected chi connectivity index (χ2v) is 6.76. The molecule has 2 aromatic carbocycles. The summed E-state index contributed by atoms with van der Waals surface area (Å²) in [4.78, 5) is 20.3. The molecule has 2 heterocycles. The first-order valence-electron chi connectivity index (χ1n) is 8.82. The number of nitrogens with two attached hydrogens (primary N) is 1. The average molecular weight is 365 g/mol. The van der Waals surface area contributed by atoms with Gasteiger partial charge in [0.15, 0.2) is 0 Å². The summed E-state index contributed by atoms with van der Waals surface area (Å²) in [6.07, 6.45) is 1.42. The van der Waals surface area contributed by atoms with E-state index in [0.29, 0.717) is 22.5 Å². The Balaban J connectivity index is 1.70. The van der Waals surface area contributed by atoms with E-state index in [1.807, 2.05) is 12.1 Å². The van der Waals surface area contributed by atoms with Crippen molar-refractivity contribution in [2.24, 2.45) is 5.73 Å². The number of halogens is 1. The van der Waals surface area contributed by atoms with Gasteiger partial charge in [0, 0.05) is 30.4 Å². The maximum atomic E-state index is 14.0. The van der Waals surface area contributed by atoms with Gasteiger partial charge >= 0.3 is 0 Å². The van der Waals surface area contributed by atoms with Crippen molar-refractivity contribution in [2.45, 2.75) is 18.9 Å². The van der Waals surface area contributed by atoms with Crippen LogP contribution in [0.15, 0.2) is 42.7 Å². The fourth-order valence-electron chi connectivity index (χ4n) is 3.76. The molecule has 0 unspecified atom stereocenters. The number of primary amides is 1. The highest BCUT2D eigenvalue weighted by Gasteiger charge is 2.30. The van der Waals surface area contributed by atoms with Gasteiger partial charge in [0.1, 0.15) is 18.0 Å². The molecule has 1 saturated heterocycles. The number of carbonyl (C=O) groups excluding carboxylic acids is 1. The summed E-state index contributed by atoms with van der Waals surface area (Å²) in [7, 11) is 0. The second-order valence-electron chi connectivity index (χ2n) is 6.76. The Kier molecular flexibility index (Phi) is 4.45. The number of nitrogens with one attached hydrogen (secondary N) is 2. The minimum atomic E-state index is -0.527. The highest BCUT2D eigenvalue weighted by atomic mass is 19.1. The van der Waals surface area contributed by atoms with Gasteiger partial charge in [-0.3, -0.25) is 4.79 Å². The Hall–Kier alpha value is -3.06. The SMILES string of the molecule is Cc1c(F)cccc1[C@@H]1CNC[C@H]1Nc1ncnc2c(C(N)=O)cccc12. The van der Waals surface area contributed by atoms with Crippen LogP contribution in [-0.4, -0.2) is 35.0 Å². The Morgan fingerprint density at radius 1 is 1.22 bits per heavy atom. The molecule has 0 spiro atoms. The number of aromatic nitrogens is 2. The Labute approximate surface area is 156 Å². The lowest BCUT2D eigenvalue weighted by Crippen LogP contribution is -2.28. The van der Waals surface area contributed by atoms with Gasteiger partial charge in [0.25, 0.3) is 5.91 Å². The van der Waals surface area contributed by atoms with Crippen LogP contribution < -0.4 is 16.4 Å². The van der Waals surface area contributed by atoms with E-state index in [-0.39, 0.29) is 17.8 Å². The molecule has 0 aliphatic carbocycles. The van der Waals surface area contributed by atoms with E-state index >= 15 is 0 Å². The van der Waals surface area contributed by atoms with Crippen molar-refractivity contribution in [2.75, 3.05) is 18.4 Å². The van der Waals surface area contributed by atoms with Crippen LogP contribution in [-0.2, 0) is 0 Å². The molecule has 1 fully saturated rings. The molecule has 27 heavy (non-hydrogen) atoms. The van der Waals surface area contributed by atoms with Gasteiger partial charge in [-0.1, -0.05) is 18.2 Å². The lowest BCUT2D eigenvalue weighted by Gasteiger charge is -2.23. The molecule has 3 aromatic rings. The topological polar surface area (TPSA) is 92.9 Å². The predicted octanol–water partition coefficient (Wildman–Crippen LogP) is 2.34. The Bertz CT molecular complexity index is 1020. The summed E-state index contributed by atoms with van der Waals surface area (Å²) in [5.74, 6) is 0.0127. The number of amides is 1. The third-order valence-corrected chi connectivity index (χ3v) is 5.18. The third kappa shape index (κ3) is 3.10. The Morgan fingerprint density at radius 2 is 2.04 bits per heavy atom. The number of hydrogen-bond acceptors (Lipinski definition) is 5. The zero-order chi connectivity index (χ0) is 19.0. The lowest BCUT2D eigenvalue weighted by atomic mass is 9.90. The monoisotopic (exact) mass is 365 g/mol. The van der Waals surface area contributed by atoms with Gasteiger partial charge in [0.05, 0.1) is 11.1 Å².